The molecule has 1 aliphatic rings. The number of thiophene rings is 1. The van der Waals surface area contributed by atoms with Crippen LogP contribution in [0.1, 0.15) is 5.56 Å². The summed E-state index contributed by atoms with van der Waals surface area (Å²) < 4.78 is 2.95. The van der Waals surface area contributed by atoms with Crippen LogP contribution in [0, 0.1) is 0 Å². The van der Waals surface area contributed by atoms with Crippen molar-refractivity contribution in [1.82, 2.24) is 19.6 Å². The van der Waals surface area contributed by atoms with Crippen LogP contribution in [0.2, 0.25) is 0 Å². The van der Waals surface area contributed by atoms with Gasteiger partial charge in [0.25, 0.3) is 5.56 Å². The first-order chi connectivity index (χ1) is 13.8. The van der Waals surface area contributed by atoms with Gasteiger partial charge in [-0.15, -0.1) is 11.3 Å². The van der Waals surface area contributed by atoms with Gasteiger partial charge in [-0.2, -0.15) is 5.10 Å². The van der Waals surface area contributed by atoms with E-state index in [1.807, 2.05) is 35.6 Å². The summed E-state index contributed by atoms with van der Waals surface area (Å²) in [5.41, 5.74) is 1.41. The normalized spacial score (nSPS) is 16.1. The van der Waals surface area contributed by atoms with E-state index >= 15 is 0 Å². The Kier molecular flexibility index (Phi) is 4.68. The highest BCUT2D eigenvalue weighted by Crippen LogP contribution is 2.26. The van der Waals surface area contributed by atoms with Crippen LogP contribution in [0.4, 0.5) is 0 Å². The van der Waals surface area contributed by atoms with Crippen molar-refractivity contribution in [1.29, 1.82) is 0 Å². The molecule has 0 amide bonds. The fourth-order valence-electron chi connectivity index (χ4n) is 3.90. The maximum atomic E-state index is 12.7. The van der Waals surface area contributed by atoms with Gasteiger partial charge in [-0.1, -0.05) is 36.4 Å². The lowest BCUT2D eigenvalue weighted by atomic mass is 10.1. The molecule has 0 saturated carbocycles. The summed E-state index contributed by atoms with van der Waals surface area (Å²) in [5, 5.41) is 9.66. The second kappa shape index (κ2) is 7.47. The van der Waals surface area contributed by atoms with Crippen LogP contribution in [0.5, 0.6) is 0 Å². The maximum absolute atomic E-state index is 12.7. The standard InChI is InChI=1S/C22H22N4OS/c27-22-20-7-2-1-5-17(20)13-23-26(22)16-25-11-9-24(10-12-25)14-18-15-28-21-8-4-3-6-19(18)21/h1-8,13,15H,9-12,14,16H2. The molecule has 6 heteroatoms. The average Bonchev–Trinajstić information content (AvgIpc) is 3.15. The molecule has 0 N–H and O–H groups in total. The summed E-state index contributed by atoms with van der Waals surface area (Å²) in [6, 6.07) is 16.3. The zero-order valence-corrected chi connectivity index (χ0v) is 16.4. The third kappa shape index (κ3) is 3.35. The lowest BCUT2D eigenvalue weighted by molar-refractivity contribution is 0.0975. The number of rotatable bonds is 4. The van der Waals surface area contributed by atoms with Crippen LogP contribution >= 0.6 is 11.3 Å². The zero-order chi connectivity index (χ0) is 18.9. The largest absolute Gasteiger partial charge is 0.296 e. The highest BCUT2D eigenvalue weighted by Gasteiger charge is 2.19. The van der Waals surface area contributed by atoms with Crippen molar-refractivity contribution in [3.8, 4) is 0 Å². The third-order valence-electron chi connectivity index (χ3n) is 5.52. The zero-order valence-electron chi connectivity index (χ0n) is 15.6. The third-order valence-corrected chi connectivity index (χ3v) is 6.53. The van der Waals surface area contributed by atoms with Gasteiger partial charge in [0, 0.05) is 42.8 Å². The molecular weight excluding hydrogens is 368 g/mol. The second-order valence-corrected chi connectivity index (χ2v) is 8.24. The van der Waals surface area contributed by atoms with E-state index in [0.717, 1.165) is 43.5 Å². The summed E-state index contributed by atoms with van der Waals surface area (Å²) in [4.78, 5) is 17.5. The van der Waals surface area contributed by atoms with Gasteiger partial charge >= 0.3 is 0 Å². The summed E-state index contributed by atoms with van der Waals surface area (Å²) in [6.45, 7) is 5.45. The molecule has 0 radical (unpaired) electrons. The number of benzene rings is 2. The van der Waals surface area contributed by atoms with Gasteiger partial charge in [-0.25, -0.2) is 4.68 Å². The van der Waals surface area contributed by atoms with E-state index in [-0.39, 0.29) is 5.56 Å². The first-order valence-corrected chi connectivity index (χ1v) is 10.5. The Morgan fingerprint density at radius 3 is 2.46 bits per heavy atom. The molecule has 0 unspecified atom stereocenters. The quantitative estimate of drug-likeness (QED) is 0.536. The Morgan fingerprint density at radius 2 is 1.61 bits per heavy atom. The fourth-order valence-corrected chi connectivity index (χ4v) is 4.86. The second-order valence-electron chi connectivity index (χ2n) is 7.33. The van der Waals surface area contributed by atoms with Crippen LogP contribution in [0.25, 0.3) is 20.9 Å². The molecule has 2 aromatic carbocycles. The lowest BCUT2D eigenvalue weighted by Crippen LogP contribution is -2.47. The topological polar surface area (TPSA) is 41.4 Å². The first-order valence-electron chi connectivity index (χ1n) is 9.62. The van der Waals surface area contributed by atoms with Crippen molar-refractivity contribution in [3.63, 3.8) is 0 Å². The van der Waals surface area contributed by atoms with Crippen LogP contribution in [0.15, 0.2) is 64.9 Å². The molecule has 3 heterocycles. The molecule has 5 nitrogen and oxygen atoms in total. The van der Waals surface area contributed by atoms with Crippen LogP contribution in [-0.4, -0.2) is 45.8 Å². The van der Waals surface area contributed by atoms with Crippen molar-refractivity contribution in [2.24, 2.45) is 0 Å². The van der Waals surface area contributed by atoms with Crippen molar-refractivity contribution in [2.45, 2.75) is 13.2 Å². The summed E-state index contributed by atoms with van der Waals surface area (Å²) in [5.74, 6) is 0. The van der Waals surface area contributed by atoms with Crippen molar-refractivity contribution >= 4 is 32.2 Å². The number of hydrogen-bond donors (Lipinski definition) is 0. The Balaban J connectivity index is 1.24. The predicted octanol–water partition coefficient (Wildman–Crippen LogP) is 3.39. The molecule has 2 aromatic heterocycles. The molecule has 0 spiro atoms. The Hall–Kier alpha value is -2.54. The van der Waals surface area contributed by atoms with E-state index in [1.54, 1.807) is 10.9 Å². The van der Waals surface area contributed by atoms with E-state index in [0.29, 0.717) is 6.67 Å². The van der Waals surface area contributed by atoms with Gasteiger partial charge in [-0.05, 0) is 28.5 Å². The SMILES string of the molecule is O=c1c2ccccc2cnn1CN1CCN(Cc2csc3ccccc23)CC1. The molecular formula is C22H22N4OS. The van der Waals surface area contributed by atoms with E-state index in [1.165, 1.54) is 15.6 Å². The van der Waals surface area contributed by atoms with Gasteiger partial charge < -0.3 is 0 Å². The molecule has 4 aromatic rings. The minimum atomic E-state index is -0.00901. The van der Waals surface area contributed by atoms with E-state index < -0.39 is 0 Å². The van der Waals surface area contributed by atoms with Gasteiger partial charge in [0.05, 0.1) is 18.3 Å². The van der Waals surface area contributed by atoms with Crippen molar-refractivity contribution < 1.29 is 0 Å². The van der Waals surface area contributed by atoms with Crippen LogP contribution in [0.3, 0.4) is 0 Å². The monoisotopic (exact) mass is 390 g/mol. The molecule has 0 aliphatic carbocycles. The highest BCUT2D eigenvalue weighted by atomic mass is 32.1. The number of nitrogens with zero attached hydrogens (tertiary/aromatic N) is 4. The predicted molar refractivity (Wildman–Crippen MR) is 115 cm³/mol. The van der Waals surface area contributed by atoms with Crippen molar-refractivity contribution in [3.05, 3.63) is 76.0 Å². The van der Waals surface area contributed by atoms with Crippen molar-refractivity contribution in [2.75, 3.05) is 26.2 Å². The summed E-state index contributed by atoms with van der Waals surface area (Å²) in [7, 11) is 0. The molecule has 1 aliphatic heterocycles. The summed E-state index contributed by atoms with van der Waals surface area (Å²) in [6.07, 6.45) is 1.79. The Labute approximate surface area is 167 Å². The van der Waals surface area contributed by atoms with Crippen LogP contribution in [-0.2, 0) is 13.2 Å². The highest BCUT2D eigenvalue weighted by molar-refractivity contribution is 7.17. The molecule has 0 bridgehead atoms. The van der Waals surface area contributed by atoms with E-state index in [4.69, 9.17) is 0 Å². The summed E-state index contributed by atoms with van der Waals surface area (Å²) >= 11 is 1.82. The molecule has 1 fully saturated rings. The number of piperazine rings is 1. The van der Waals surface area contributed by atoms with Crippen LogP contribution < -0.4 is 5.56 Å². The molecule has 1 saturated heterocycles. The average molecular weight is 391 g/mol. The number of hydrogen-bond acceptors (Lipinski definition) is 5. The van der Waals surface area contributed by atoms with Gasteiger partial charge in [0.15, 0.2) is 0 Å². The smallest absolute Gasteiger partial charge is 0.275 e. The Morgan fingerprint density at radius 1 is 0.893 bits per heavy atom. The first kappa shape index (κ1) is 17.6. The number of fused-ring (bicyclic) bond motifs is 2. The molecule has 0 atom stereocenters. The minimum absolute atomic E-state index is 0.00901. The molecule has 142 valence electrons. The number of aromatic nitrogens is 2. The maximum Gasteiger partial charge on any atom is 0.275 e. The Bertz CT molecular complexity index is 1170. The van der Waals surface area contributed by atoms with Gasteiger partial charge in [-0.3, -0.25) is 14.6 Å². The molecule has 28 heavy (non-hydrogen) atoms. The lowest BCUT2D eigenvalue weighted by Gasteiger charge is -2.34. The minimum Gasteiger partial charge on any atom is -0.296 e. The van der Waals surface area contributed by atoms with Gasteiger partial charge in [0.2, 0.25) is 0 Å². The fraction of sp³-hybridized carbons (Fsp3) is 0.273. The van der Waals surface area contributed by atoms with Gasteiger partial charge in [0.1, 0.15) is 0 Å². The molecule has 5 rings (SSSR count). The van der Waals surface area contributed by atoms with E-state index in [2.05, 4.69) is 44.5 Å². The van der Waals surface area contributed by atoms with E-state index in [9.17, 15) is 4.79 Å².